The van der Waals surface area contributed by atoms with Gasteiger partial charge in [0.1, 0.15) is 5.82 Å². The van der Waals surface area contributed by atoms with Crippen molar-refractivity contribution in [1.82, 2.24) is 39.2 Å². The molecule has 0 radical (unpaired) electrons. The smallest absolute Gasteiger partial charge is 0.292 e. The van der Waals surface area contributed by atoms with Crippen LogP contribution in [0.3, 0.4) is 0 Å². The van der Waals surface area contributed by atoms with Crippen LogP contribution in [0.5, 0.6) is 0 Å². The van der Waals surface area contributed by atoms with Crippen molar-refractivity contribution in [3.63, 3.8) is 0 Å². The van der Waals surface area contributed by atoms with Gasteiger partial charge in [0.15, 0.2) is 5.82 Å². The number of fused-ring (bicyclic) bond motifs is 2. The van der Waals surface area contributed by atoms with Gasteiger partial charge in [0, 0.05) is 18.4 Å². The molecule has 9 nitrogen and oxygen atoms in total. The molecule has 1 atom stereocenters. The summed E-state index contributed by atoms with van der Waals surface area (Å²) < 4.78 is 3.77. The molecule has 1 aliphatic heterocycles. The predicted octanol–water partition coefficient (Wildman–Crippen LogP) is 1.77. The Bertz CT molecular complexity index is 1200. The van der Waals surface area contributed by atoms with Gasteiger partial charge in [0.25, 0.3) is 11.7 Å². The third-order valence-corrected chi connectivity index (χ3v) is 5.28. The number of benzene rings is 1. The van der Waals surface area contributed by atoms with Crippen molar-refractivity contribution in [3.8, 4) is 0 Å². The van der Waals surface area contributed by atoms with Crippen LogP contribution in [-0.4, -0.2) is 51.7 Å². The van der Waals surface area contributed by atoms with Crippen LogP contribution in [0.15, 0.2) is 42.6 Å². The Labute approximate surface area is 167 Å². The van der Waals surface area contributed by atoms with E-state index in [1.807, 2.05) is 38.1 Å². The highest BCUT2D eigenvalue weighted by molar-refractivity contribution is 5.91. The lowest BCUT2D eigenvalue weighted by Crippen LogP contribution is -2.42. The molecule has 1 aliphatic rings. The number of aromatic nitrogens is 7. The summed E-state index contributed by atoms with van der Waals surface area (Å²) in [5.41, 5.74) is 2.03. The first-order chi connectivity index (χ1) is 14.1. The number of carbonyl (C=O) groups excluding carboxylic acids is 1. The highest BCUT2D eigenvalue weighted by Crippen LogP contribution is 2.26. The van der Waals surface area contributed by atoms with E-state index in [1.54, 1.807) is 15.5 Å². The van der Waals surface area contributed by atoms with Gasteiger partial charge in [-0.2, -0.15) is 0 Å². The van der Waals surface area contributed by atoms with Gasteiger partial charge in [-0.25, -0.2) is 4.98 Å². The lowest BCUT2D eigenvalue weighted by Gasteiger charge is -2.34. The van der Waals surface area contributed by atoms with Gasteiger partial charge in [-0.15, -0.1) is 20.4 Å². The van der Waals surface area contributed by atoms with Crippen LogP contribution >= 0.6 is 0 Å². The number of aryl methyl sites for hydroxylation is 2. The maximum absolute atomic E-state index is 13.3. The molecule has 0 aliphatic carbocycles. The van der Waals surface area contributed by atoms with Crippen molar-refractivity contribution >= 4 is 11.7 Å². The Balaban J connectivity index is 1.48. The van der Waals surface area contributed by atoms with E-state index in [9.17, 15) is 4.79 Å². The van der Waals surface area contributed by atoms with E-state index < -0.39 is 0 Å². The van der Waals surface area contributed by atoms with Crippen LogP contribution in [0.4, 0.5) is 0 Å². The van der Waals surface area contributed by atoms with Crippen molar-refractivity contribution < 1.29 is 4.79 Å². The van der Waals surface area contributed by atoms with Gasteiger partial charge in [0.05, 0.1) is 12.6 Å². The van der Waals surface area contributed by atoms with Gasteiger partial charge >= 0.3 is 0 Å². The molecule has 29 heavy (non-hydrogen) atoms. The molecule has 4 heterocycles. The third kappa shape index (κ3) is 3.04. The standard InChI is InChI=1S/C20H20N8O/c1-13-8-9-27-18(24-25-20(27)21-13)19(29)26-11-16(10-15-6-4-3-5-7-15)28-14(2)22-23-17(28)12-26/h3-9,16H,10-12H2,1-2H3/t16-/m1/s1. The van der Waals surface area contributed by atoms with Crippen LogP contribution in [0.2, 0.25) is 0 Å². The molecular formula is C20H20N8O. The zero-order valence-corrected chi connectivity index (χ0v) is 16.2. The lowest BCUT2D eigenvalue weighted by atomic mass is 10.0. The van der Waals surface area contributed by atoms with Gasteiger partial charge in [-0.1, -0.05) is 30.3 Å². The van der Waals surface area contributed by atoms with Crippen LogP contribution < -0.4 is 0 Å². The van der Waals surface area contributed by atoms with E-state index in [2.05, 4.69) is 42.1 Å². The number of hydrogen-bond acceptors (Lipinski definition) is 6. The molecule has 5 rings (SSSR count). The van der Waals surface area contributed by atoms with Gasteiger partial charge in [0.2, 0.25) is 5.82 Å². The van der Waals surface area contributed by atoms with E-state index >= 15 is 0 Å². The number of hydrogen-bond donors (Lipinski definition) is 0. The Morgan fingerprint density at radius 2 is 1.90 bits per heavy atom. The Morgan fingerprint density at radius 1 is 1.07 bits per heavy atom. The van der Waals surface area contributed by atoms with Gasteiger partial charge in [-0.3, -0.25) is 9.20 Å². The molecule has 9 heteroatoms. The average Bonchev–Trinajstić information content (AvgIpc) is 3.31. The molecule has 3 aromatic heterocycles. The molecule has 0 bridgehead atoms. The topological polar surface area (TPSA) is 94.1 Å². The number of nitrogens with zero attached hydrogens (tertiary/aromatic N) is 8. The molecular weight excluding hydrogens is 368 g/mol. The monoisotopic (exact) mass is 388 g/mol. The summed E-state index contributed by atoms with van der Waals surface area (Å²) in [6.07, 6.45) is 2.57. The number of amides is 1. The summed E-state index contributed by atoms with van der Waals surface area (Å²) in [6, 6.07) is 12.1. The van der Waals surface area contributed by atoms with Crippen LogP contribution in [0, 0.1) is 13.8 Å². The van der Waals surface area contributed by atoms with Gasteiger partial charge in [-0.05, 0) is 31.9 Å². The average molecular weight is 388 g/mol. The quantitative estimate of drug-likeness (QED) is 0.531. The maximum atomic E-state index is 13.3. The molecule has 4 aromatic rings. The second-order valence-corrected chi connectivity index (χ2v) is 7.33. The van der Waals surface area contributed by atoms with E-state index in [-0.39, 0.29) is 17.8 Å². The molecule has 0 spiro atoms. The summed E-state index contributed by atoms with van der Waals surface area (Å²) in [7, 11) is 0. The van der Waals surface area contributed by atoms with Crippen LogP contribution in [-0.2, 0) is 13.0 Å². The van der Waals surface area contributed by atoms with E-state index in [0.29, 0.717) is 18.9 Å². The van der Waals surface area contributed by atoms with Crippen LogP contribution in [0.25, 0.3) is 5.78 Å². The first-order valence-corrected chi connectivity index (χ1v) is 9.52. The van der Waals surface area contributed by atoms with Crippen molar-refractivity contribution in [2.24, 2.45) is 0 Å². The zero-order valence-electron chi connectivity index (χ0n) is 16.2. The first-order valence-electron chi connectivity index (χ1n) is 9.52. The fraction of sp³-hybridized carbons (Fsp3) is 0.300. The second-order valence-electron chi connectivity index (χ2n) is 7.33. The first kappa shape index (κ1) is 17.5. The molecule has 0 saturated carbocycles. The Kier molecular flexibility index (Phi) is 4.08. The van der Waals surface area contributed by atoms with E-state index in [1.165, 1.54) is 5.56 Å². The highest BCUT2D eigenvalue weighted by Gasteiger charge is 2.33. The third-order valence-electron chi connectivity index (χ3n) is 5.28. The summed E-state index contributed by atoms with van der Waals surface area (Å²) >= 11 is 0. The van der Waals surface area contributed by atoms with Gasteiger partial charge < -0.3 is 9.47 Å². The minimum absolute atomic E-state index is 0.0552. The minimum atomic E-state index is -0.187. The van der Waals surface area contributed by atoms with Crippen molar-refractivity contribution in [2.45, 2.75) is 32.9 Å². The second kappa shape index (κ2) is 6.77. The minimum Gasteiger partial charge on any atom is -0.326 e. The maximum Gasteiger partial charge on any atom is 0.292 e. The fourth-order valence-electron chi connectivity index (χ4n) is 3.93. The van der Waals surface area contributed by atoms with Crippen LogP contribution in [0.1, 0.15) is 39.6 Å². The Morgan fingerprint density at radius 3 is 2.72 bits per heavy atom. The normalized spacial score (nSPS) is 16.2. The summed E-state index contributed by atoms with van der Waals surface area (Å²) in [4.78, 5) is 19.4. The molecule has 0 fully saturated rings. The molecule has 1 amide bonds. The number of rotatable bonds is 3. The molecule has 0 N–H and O–H groups in total. The SMILES string of the molecule is Cc1ccn2c(C(=O)N3Cc4nnc(C)n4[C@H](Cc4ccccc4)C3)nnc2n1. The van der Waals surface area contributed by atoms with E-state index in [4.69, 9.17) is 0 Å². The zero-order chi connectivity index (χ0) is 20.0. The predicted molar refractivity (Wildman–Crippen MR) is 104 cm³/mol. The summed E-state index contributed by atoms with van der Waals surface area (Å²) in [5, 5.41) is 16.7. The number of carbonyl (C=O) groups is 1. The molecule has 0 saturated heterocycles. The van der Waals surface area contributed by atoms with E-state index in [0.717, 1.165) is 23.8 Å². The highest BCUT2D eigenvalue weighted by atomic mass is 16.2. The summed E-state index contributed by atoms with van der Waals surface area (Å²) in [5.74, 6) is 2.14. The molecule has 0 unspecified atom stereocenters. The largest absolute Gasteiger partial charge is 0.326 e. The molecule has 146 valence electrons. The van der Waals surface area contributed by atoms with Crippen molar-refractivity contribution in [2.75, 3.05) is 6.54 Å². The fourth-order valence-corrected chi connectivity index (χ4v) is 3.93. The Hall–Kier alpha value is -3.62. The van der Waals surface area contributed by atoms with Crippen molar-refractivity contribution in [1.29, 1.82) is 0 Å². The van der Waals surface area contributed by atoms with Crippen molar-refractivity contribution in [3.05, 3.63) is 71.3 Å². The molecule has 1 aromatic carbocycles. The lowest BCUT2D eigenvalue weighted by molar-refractivity contribution is 0.0658. The summed E-state index contributed by atoms with van der Waals surface area (Å²) in [6.45, 7) is 4.77.